The van der Waals surface area contributed by atoms with Gasteiger partial charge < -0.3 is 14.9 Å². The van der Waals surface area contributed by atoms with Crippen molar-refractivity contribution in [3.05, 3.63) is 34.9 Å². The number of aliphatic hydroxyl groups is 1. The van der Waals surface area contributed by atoms with Crippen LogP contribution in [0.1, 0.15) is 35.6 Å². The average molecular weight is 276 g/mol. The van der Waals surface area contributed by atoms with Crippen molar-refractivity contribution in [2.24, 2.45) is 0 Å². The van der Waals surface area contributed by atoms with Crippen LogP contribution in [0.2, 0.25) is 0 Å². The summed E-state index contributed by atoms with van der Waals surface area (Å²) in [6, 6.07) is 7.02. The third-order valence-electron chi connectivity index (χ3n) is 4.51. The van der Waals surface area contributed by atoms with Crippen LogP contribution < -0.4 is 0 Å². The summed E-state index contributed by atoms with van der Waals surface area (Å²) in [6.45, 7) is 7.09. The largest absolute Gasteiger partial charge is 0.387 e. The third kappa shape index (κ3) is 3.81. The molecule has 0 amide bonds. The molecule has 2 rings (SSSR count). The summed E-state index contributed by atoms with van der Waals surface area (Å²) >= 11 is 0. The number of rotatable bonds is 4. The molecule has 1 unspecified atom stereocenters. The molecule has 1 aliphatic rings. The van der Waals surface area contributed by atoms with Crippen molar-refractivity contribution in [2.75, 3.05) is 33.7 Å². The first-order valence-corrected chi connectivity index (χ1v) is 7.61. The van der Waals surface area contributed by atoms with E-state index in [4.69, 9.17) is 0 Å². The molecule has 3 heteroatoms. The summed E-state index contributed by atoms with van der Waals surface area (Å²) in [5.41, 5.74) is 3.49. The van der Waals surface area contributed by atoms with Crippen molar-refractivity contribution in [2.45, 2.75) is 38.8 Å². The fourth-order valence-corrected chi connectivity index (χ4v) is 3.08. The monoisotopic (exact) mass is 276 g/mol. The smallest absolute Gasteiger partial charge is 0.0919 e. The normalized spacial score (nSPS) is 19.5. The van der Waals surface area contributed by atoms with Gasteiger partial charge in [-0.25, -0.2) is 0 Å². The lowest BCUT2D eigenvalue weighted by atomic mass is 9.99. The van der Waals surface area contributed by atoms with Gasteiger partial charge in [0.15, 0.2) is 0 Å². The minimum atomic E-state index is -0.370. The number of aliphatic hydroxyl groups excluding tert-OH is 1. The lowest BCUT2D eigenvalue weighted by Crippen LogP contribution is -2.43. The Morgan fingerprint density at radius 2 is 1.90 bits per heavy atom. The van der Waals surface area contributed by atoms with Crippen LogP contribution in [0.4, 0.5) is 0 Å². The Kier molecular flexibility index (Phi) is 5.19. The van der Waals surface area contributed by atoms with Gasteiger partial charge in [-0.05, 0) is 65.0 Å². The number of nitrogens with zero attached hydrogens (tertiary/aromatic N) is 2. The number of benzene rings is 1. The second-order valence-electron chi connectivity index (χ2n) is 6.37. The summed E-state index contributed by atoms with van der Waals surface area (Å²) in [6.07, 6.45) is 2.03. The van der Waals surface area contributed by atoms with Crippen LogP contribution in [-0.2, 0) is 0 Å². The van der Waals surface area contributed by atoms with Gasteiger partial charge in [-0.2, -0.15) is 0 Å². The van der Waals surface area contributed by atoms with Crippen molar-refractivity contribution in [1.82, 2.24) is 9.80 Å². The zero-order valence-electron chi connectivity index (χ0n) is 13.3. The van der Waals surface area contributed by atoms with Crippen LogP contribution in [0.15, 0.2) is 18.2 Å². The van der Waals surface area contributed by atoms with Gasteiger partial charge in [0.1, 0.15) is 0 Å². The highest BCUT2D eigenvalue weighted by atomic mass is 16.3. The van der Waals surface area contributed by atoms with Crippen molar-refractivity contribution in [3.63, 3.8) is 0 Å². The third-order valence-corrected chi connectivity index (χ3v) is 4.51. The molecule has 1 heterocycles. The number of piperidine rings is 1. The molecule has 0 radical (unpaired) electrons. The van der Waals surface area contributed by atoms with E-state index in [2.05, 4.69) is 55.9 Å². The first kappa shape index (κ1) is 15.5. The molecule has 1 saturated heterocycles. The van der Waals surface area contributed by atoms with E-state index in [-0.39, 0.29) is 6.10 Å². The average Bonchev–Trinajstić information content (AvgIpc) is 2.42. The highest BCUT2D eigenvalue weighted by Crippen LogP contribution is 2.22. The summed E-state index contributed by atoms with van der Waals surface area (Å²) in [7, 11) is 4.32. The maximum atomic E-state index is 10.5. The van der Waals surface area contributed by atoms with Crippen molar-refractivity contribution < 1.29 is 5.11 Å². The summed E-state index contributed by atoms with van der Waals surface area (Å²) < 4.78 is 0. The summed E-state index contributed by atoms with van der Waals surface area (Å²) in [5.74, 6) is 0. The SMILES string of the molecule is Cc1ccc(C)c(C(O)CN2CCC(N(C)C)CC2)c1. The molecule has 0 bridgehead atoms. The minimum Gasteiger partial charge on any atom is -0.387 e. The molecule has 1 N–H and O–H groups in total. The van der Waals surface area contributed by atoms with Gasteiger partial charge in [-0.3, -0.25) is 0 Å². The number of likely N-dealkylation sites (tertiary alicyclic amines) is 1. The van der Waals surface area contributed by atoms with Crippen LogP contribution >= 0.6 is 0 Å². The maximum absolute atomic E-state index is 10.5. The molecular weight excluding hydrogens is 248 g/mol. The zero-order chi connectivity index (χ0) is 14.7. The molecule has 1 aromatic carbocycles. The van der Waals surface area contributed by atoms with E-state index in [1.807, 2.05) is 0 Å². The van der Waals surface area contributed by atoms with Gasteiger partial charge in [-0.1, -0.05) is 23.8 Å². The topological polar surface area (TPSA) is 26.7 Å². The van der Waals surface area contributed by atoms with Gasteiger partial charge in [0.25, 0.3) is 0 Å². The van der Waals surface area contributed by atoms with E-state index < -0.39 is 0 Å². The van der Waals surface area contributed by atoms with E-state index in [0.29, 0.717) is 6.04 Å². The zero-order valence-corrected chi connectivity index (χ0v) is 13.3. The van der Waals surface area contributed by atoms with Crippen LogP contribution in [-0.4, -0.2) is 54.7 Å². The highest BCUT2D eigenvalue weighted by Gasteiger charge is 2.23. The lowest BCUT2D eigenvalue weighted by molar-refractivity contribution is 0.0795. The molecule has 112 valence electrons. The molecule has 3 nitrogen and oxygen atoms in total. The number of hydrogen-bond donors (Lipinski definition) is 1. The van der Waals surface area contributed by atoms with Crippen molar-refractivity contribution >= 4 is 0 Å². The molecular formula is C17H28N2O. The van der Waals surface area contributed by atoms with Crippen LogP contribution in [0, 0.1) is 13.8 Å². The van der Waals surface area contributed by atoms with Crippen molar-refractivity contribution in [1.29, 1.82) is 0 Å². The second-order valence-corrected chi connectivity index (χ2v) is 6.37. The van der Waals surface area contributed by atoms with E-state index in [0.717, 1.165) is 25.2 Å². The summed E-state index contributed by atoms with van der Waals surface area (Å²) in [5, 5.41) is 10.5. The second kappa shape index (κ2) is 6.70. The molecule has 1 aromatic rings. The van der Waals surface area contributed by atoms with Crippen molar-refractivity contribution in [3.8, 4) is 0 Å². The van der Waals surface area contributed by atoms with Crippen LogP contribution in [0.25, 0.3) is 0 Å². The van der Waals surface area contributed by atoms with Gasteiger partial charge in [0, 0.05) is 12.6 Å². The lowest BCUT2D eigenvalue weighted by Gasteiger charge is -2.36. The fourth-order valence-electron chi connectivity index (χ4n) is 3.08. The van der Waals surface area contributed by atoms with E-state index in [1.54, 1.807) is 0 Å². The molecule has 1 fully saturated rings. The Hall–Kier alpha value is -0.900. The predicted molar refractivity (Wildman–Crippen MR) is 84.0 cm³/mol. The molecule has 0 saturated carbocycles. The molecule has 0 spiro atoms. The summed E-state index contributed by atoms with van der Waals surface area (Å²) in [4.78, 5) is 4.71. The molecule has 20 heavy (non-hydrogen) atoms. The van der Waals surface area contributed by atoms with Gasteiger partial charge in [0.05, 0.1) is 6.10 Å². The molecule has 0 aromatic heterocycles. The Morgan fingerprint density at radius 1 is 1.25 bits per heavy atom. The Balaban J connectivity index is 1.92. The highest BCUT2D eigenvalue weighted by molar-refractivity contribution is 5.32. The van der Waals surface area contributed by atoms with Gasteiger partial charge >= 0.3 is 0 Å². The van der Waals surface area contributed by atoms with E-state index in [9.17, 15) is 5.11 Å². The van der Waals surface area contributed by atoms with Gasteiger partial charge in [-0.15, -0.1) is 0 Å². The standard InChI is InChI=1S/C17H28N2O/c1-13-5-6-14(2)16(11-13)17(20)12-19-9-7-15(8-10-19)18(3)4/h5-6,11,15,17,20H,7-10,12H2,1-4H3. The Bertz CT molecular complexity index is 437. The maximum Gasteiger partial charge on any atom is 0.0919 e. The number of aryl methyl sites for hydroxylation is 2. The first-order chi connectivity index (χ1) is 9.47. The molecule has 0 aliphatic carbocycles. The number of hydrogen-bond acceptors (Lipinski definition) is 3. The van der Waals surface area contributed by atoms with Crippen LogP contribution in [0.5, 0.6) is 0 Å². The first-order valence-electron chi connectivity index (χ1n) is 7.61. The predicted octanol–water partition coefficient (Wildman–Crippen LogP) is 2.36. The Labute approximate surface area is 123 Å². The number of β-amino-alcohol motifs (C(OH)–C–C–N with tert-alkyl or cyclic N) is 1. The fraction of sp³-hybridized carbons (Fsp3) is 0.647. The van der Waals surface area contributed by atoms with Crippen LogP contribution in [0.3, 0.4) is 0 Å². The van der Waals surface area contributed by atoms with Gasteiger partial charge in [0.2, 0.25) is 0 Å². The van der Waals surface area contributed by atoms with E-state index >= 15 is 0 Å². The molecule has 1 atom stereocenters. The molecule has 1 aliphatic heterocycles. The quantitative estimate of drug-likeness (QED) is 0.914. The van der Waals surface area contributed by atoms with E-state index in [1.165, 1.54) is 24.0 Å². The minimum absolute atomic E-state index is 0.370. The Morgan fingerprint density at radius 3 is 2.50 bits per heavy atom.